The van der Waals surface area contributed by atoms with E-state index in [1.54, 1.807) is 4.68 Å². The van der Waals surface area contributed by atoms with E-state index in [0.29, 0.717) is 10.8 Å². The lowest BCUT2D eigenvalue weighted by atomic mass is 10.5. The number of nitrogen functional groups attached to an aromatic ring is 1. The van der Waals surface area contributed by atoms with Crippen LogP contribution in [0, 0.1) is 0 Å². The van der Waals surface area contributed by atoms with Crippen LogP contribution in [0.2, 0.25) is 0 Å². The van der Waals surface area contributed by atoms with Gasteiger partial charge in [0, 0.05) is 24.3 Å². The molecule has 0 saturated heterocycles. The van der Waals surface area contributed by atoms with Crippen molar-refractivity contribution in [1.82, 2.24) is 24.4 Å². The van der Waals surface area contributed by atoms with Crippen molar-refractivity contribution in [2.24, 2.45) is 7.05 Å². The summed E-state index contributed by atoms with van der Waals surface area (Å²) in [6, 6.07) is 0. The van der Waals surface area contributed by atoms with Crippen LogP contribution >= 0.6 is 23.3 Å². The number of rotatable bonds is 3. The summed E-state index contributed by atoms with van der Waals surface area (Å²) >= 11 is 2.75. The van der Waals surface area contributed by atoms with E-state index in [4.69, 9.17) is 5.73 Å². The first-order valence-corrected chi connectivity index (χ1v) is 5.57. The molecule has 8 heteroatoms. The van der Waals surface area contributed by atoms with Gasteiger partial charge in [0.05, 0.1) is 0 Å². The summed E-state index contributed by atoms with van der Waals surface area (Å²) in [6.45, 7) is 0. The first kappa shape index (κ1) is 9.41. The molecule has 6 nitrogen and oxygen atoms in total. The van der Waals surface area contributed by atoms with Crippen molar-refractivity contribution in [2.45, 2.75) is 10.9 Å². The molecule has 0 aliphatic rings. The summed E-state index contributed by atoms with van der Waals surface area (Å²) in [7, 11) is 1.85. The minimum Gasteiger partial charge on any atom is -0.388 e. The highest BCUT2D eigenvalue weighted by atomic mass is 32.2. The summed E-state index contributed by atoms with van der Waals surface area (Å²) < 4.78 is 5.46. The Kier molecular flexibility index (Phi) is 2.64. The third kappa shape index (κ3) is 1.85. The number of nitrogens with zero attached hydrogens (tertiary/aromatic N) is 5. The summed E-state index contributed by atoms with van der Waals surface area (Å²) in [4.78, 5) is 4.07. The van der Waals surface area contributed by atoms with E-state index >= 15 is 0 Å². The molecule has 14 heavy (non-hydrogen) atoms. The predicted molar refractivity (Wildman–Crippen MR) is 54.9 cm³/mol. The van der Waals surface area contributed by atoms with Gasteiger partial charge >= 0.3 is 0 Å². The van der Waals surface area contributed by atoms with E-state index in [2.05, 4.69) is 19.7 Å². The Bertz CT molecular complexity index is 381. The van der Waals surface area contributed by atoms with Crippen molar-refractivity contribution in [2.75, 3.05) is 5.73 Å². The summed E-state index contributed by atoms with van der Waals surface area (Å²) in [6.07, 6.45) is 1.52. The van der Waals surface area contributed by atoms with Gasteiger partial charge in [0.25, 0.3) is 0 Å². The van der Waals surface area contributed by atoms with Crippen molar-refractivity contribution in [3.05, 3.63) is 12.0 Å². The van der Waals surface area contributed by atoms with Crippen LogP contribution in [0.3, 0.4) is 0 Å². The van der Waals surface area contributed by atoms with Crippen LogP contribution in [-0.4, -0.2) is 24.4 Å². The standard InChI is InChI=1S/C6H8N6S2/c1-12-6(8-3-9-12)13-2-4-5(7)14-11-10-4/h3H,2,7H2,1H3. The largest absolute Gasteiger partial charge is 0.388 e. The quantitative estimate of drug-likeness (QED) is 0.772. The Hall–Kier alpha value is -1.15. The number of hydrogen-bond donors (Lipinski definition) is 1. The number of anilines is 1. The highest BCUT2D eigenvalue weighted by Gasteiger charge is 2.07. The Balaban J connectivity index is 2.02. The second-order valence-corrected chi connectivity index (χ2v) is 4.27. The van der Waals surface area contributed by atoms with Crippen molar-refractivity contribution in [1.29, 1.82) is 0 Å². The molecule has 2 heterocycles. The Morgan fingerprint density at radius 1 is 1.64 bits per heavy atom. The number of hydrogen-bond acceptors (Lipinski definition) is 7. The van der Waals surface area contributed by atoms with Crippen molar-refractivity contribution < 1.29 is 0 Å². The average Bonchev–Trinajstić information content (AvgIpc) is 2.72. The molecule has 0 aromatic carbocycles. The second kappa shape index (κ2) is 3.93. The van der Waals surface area contributed by atoms with Crippen molar-refractivity contribution in [3.63, 3.8) is 0 Å². The molecule has 0 bridgehead atoms. The molecule has 74 valence electrons. The minimum absolute atomic E-state index is 0.666. The van der Waals surface area contributed by atoms with Crippen LogP contribution in [-0.2, 0) is 12.8 Å². The molecule has 2 rings (SSSR count). The normalized spacial score (nSPS) is 10.6. The second-order valence-electron chi connectivity index (χ2n) is 2.54. The Morgan fingerprint density at radius 3 is 3.07 bits per heavy atom. The Morgan fingerprint density at radius 2 is 2.50 bits per heavy atom. The van der Waals surface area contributed by atoms with Gasteiger partial charge in [-0.3, -0.25) is 0 Å². The highest BCUT2D eigenvalue weighted by Crippen LogP contribution is 2.23. The van der Waals surface area contributed by atoms with Gasteiger partial charge in [-0.2, -0.15) is 5.10 Å². The van der Waals surface area contributed by atoms with Gasteiger partial charge in [-0.1, -0.05) is 16.3 Å². The molecule has 0 fully saturated rings. The molecule has 0 unspecified atom stereocenters. The number of aryl methyl sites for hydroxylation is 1. The predicted octanol–water partition coefficient (Wildman–Crippen LogP) is 0.541. The molecular formula is C6H8N6S2. The van der Waals surface area contributed by atoms with Crippen LogP contribution in [0.15, 0.2) is 11.5 Å². The van der Waals surface area contributed by atoms with Crippen LogP contribution in [0.5, 0.6) is 0 Å². The summed E-state index contributed by atoms with van der Waals surface area (Å²) in [5.41, 5.74) is 6.46. The molecule has 0 aliphatic carbocycles. The minimum atomic E-state index is 0.666. The fraction of sp³-hybridized carbons (Fsp3) is 0.333. The zero-order valence-electron chi connectivity index (χ0n) is 7.41. The van der Waals surface area contributed by atoms with Gasteiger partial charge < -0.3 is 5.73 Å². The third-order valence-corrected chi connectivity index (χ3v) is 3.23. The van der Waals surface area contributed by atoms with Gasteiger partial charge in [-0.05, 0) is 0 Å². The first-order chi connectivity index (χ1) is 6.77. The Labute approximate surface area is 88.7 Å². The van der Waals surface area contributed by atoms with Crippen LogP contribution in [0.4, 0.5) is 5.00 Å². The van der Waals surface area contributed by atoms with Crippen molar-refractivity contribution >= 4 is 28.3 Å². The maximum atomic E-state index is 5.66. The van der Waals surface area contributed by atoms with Crippen LogP contribution in [0.25, 0.3) is 0 Å². The number of nitrogens with two attached hydrogens (primary N) is 1. The van der Waals surface area contributed by atoms with Gasteiger partial charge in [-0.25, -0.2) is 9.67 Å². The maximum absolute atomic E-state index is 5.66. The summed E-state index contributed by atoms with van der Waals surface area (Å²) in [5, 5.41) is 9.38. The monoisotopic (exact) mass is 228 g/mol. The van der Waals surface area contributed by atoms with Crippen molar-refractivity contribution in [3.8, 4) is 0 Å². The fourth-order valence-electron chi connectivity index (χ4n) is 0.865. The van der Waals surface area contributed by atoms with E-state index in [0.717, 1.165) is 10.9 Å². The molecule has 0 atom stereocenters. The average molecular weight is 228 g/mol. The van der Waals surface area contributed by atoms with E-state index in [1.165, 1.54) is 29.6 Å². The van der Waals surface area contributed by atoms with E-state index in [9.17, 15) is 0 Å². The zero-order chi connectivity index (χ0) is 9.97. The van der Waals surface area contributed by atoms with Gasteiger partial charge in [0.2, 0.25) is 0 Å². The smallest absolute Gasteiger partial charge is 0.186 e. The van der Waals surface area contributed by atoms with Gasteiger partial charge in [0.1, 0.15) is 17.0 Å². The molecule has 0 amide bonds. The molecule has 0 spiro atoms. The molecule has 0 aliphatic heterocycles. The molecule has 2 aromatic rings. The highest BCUT2D eigenvalue weighted by molar-refractivity contribution is 7.98. The van der Waals surface area contributed by atoms with E-state index < -0.39 is 0 Å². The SMILES string of the molecule is Cn1ncnc1SCc1nnsc1N. The third-order valence-electron chi connectivity index (χ3n) is 1.59. The lowest BCUT2D eigenvalue weighted by molar-refractivity contribution is 0.685. The van der Waals surface area contributed by atoms with Crippen LogP contribution < -0.4 is 5.73 Å². The number of aromatic nitrogens is 5. The molecule has 2 N–H and O–H groups in total. The number of thioether (sulfide) groups is 1. The van der Waals surface area contributed by atoms with E-state index in [-0.39, 0.29) is 0 Å². The van der Waals surface area contributed by atoms with E-state index in [1.807, 2.05) is 7.05 Å². The summed E-state index contributed by atoms with van der Waals surface area (Å²) in [5.74, 6) is 0.675. The molecule has 0 saturated carbocycles. The van der Waals surface area contributed by atoms with Crippen LogP contribution in [0.1, 0.15) is 5.69 Å². The zero-order valence-corrected chi connectivity index (χ0v) is 9.05. The van der Waals surface area contributed by atoms with Gasteiger partial charge in [0.15, 0.2) is 5.16 Å². The van der Waals surface area contributed by atoms with Gasteiger partial charge in [-0.15, -0.1) is 5.10 Å². The molecule has 0 radical (unpaired) electrons. The lowest BCUT2D eigenvalue weighted by Crippen LogP contribution is -1.94. The molecular weight excluding hydrogens is 220 g/mol. The fourth-order valence-corrected chi connectivity index (χ4v) is 2.24. The molecule has 2 aromatic heterocycles. The topological polar surface area (TPSA) is 82.5 Å². The lowest BCUT2D eigenvalue weighted by Gasteiger charge is -1.97. The first-order valence-electron chi connectivity index (χ1n) is 3.81. The maximum Gasteiger partial charge on any atom is 0.186 e.